The lowest BCUT2D eigenvalue weighted by atomic mass is 10.2. The van der Waals surface area contributed by atoms with Crippen molar-refractivity contribution in [3.05, 3.63) is 28.5 Å². The molecule has 0 saturated heterocycles. The molecule has 0 saturated carbocycles. The fourth-order valence-corrected chi connectivity index (χ4v) is 2.23. The Balaban J connectivity index is 2.44. The lowest BCUT2D eigenvalue weighted by Crippen LogP contribution is -2.21. The van der Waals surface area contributed by atoms with E-state index in [0.29, 0.717) is 0 Å². The Morgan fingerprint density at radius 2 is 2.26 bits per heavy atom. The van der Waals surface area contributed by atoms with Crippen molar-refractivity contribution < 1.29 is 4.74 Å². The molecule has 0 fully saturated rings. The van der Waals surface area contributed by atoms with Crippen LogP contribution in [0, 0.1) is 0 Å². The molecule has 1 atom stereocenters. The summed E-state index contributed by atoms with van der Waals surface area (Å²) in [7, 11) is 1.63. The quantitative estimate of drug-likeness (QED) is 0.912. The minimum atomic E-state index is 0.0677. The molecule has 0 aliphatic rings. The zero-order chi connectivity index (χ0) is 13.8. The molecule has 2 aromatic rings. The van der Waals surface area contributed by atoms with Gasteiger partial charge in [-0.15, -0.1) is 5.10 Å². The van der Waals surface area contributed by atoms with E-state index in [0.717, 1.165) is 28.3 Å². The van der Waals surface area contributed by atoms with Crippen molar-refractivity contribution >= 4 is 15.9 Å². The van der Waals surface area contributed by atoms with Crippen molar-refractivity contribution in [3.63, 3.8) is 0 Å². The summed E-state index contributed by atoms with van der Waals surface area (Å²) >= 11 is 3.51. The van der Waals surface area contributed by atoms with E-state index < -0.39 is 0 Å². The van der Waals surface area contributed by atoms with Crippen LogP contribution < -0.4 is 10.1 Å². The zero-order valence-corrected chi connectivity index (χ0v) is 12.7. The van der Waals surface area contributed by atoms with Gasteiger partial charge in [0, 0.05) is 10.5 Å². The van der Waals surface area contributed by atoms with Crippen LogP contribution >= 0.6 is 15.9 Å². The molecule has 7 heteroatoms. The first kappa shape index (κ1) is 14.0. The van der Waals surface area contributed by atoms with Crippen molar-refractivity contribution in [2.45, 2.75) is 19.9 Å². The smallest absolute Gasteiger partial charge is 0.173 e. The maximum atomic E-state index is 5.24. The van der Waals surface area contributed by atoms with E-state index in [1.807, 2.05) is 32.0 Å². The SMILES string of the molecule is CCNC(C)c1nnnn1-c1cc(OC)ccc1Br. The summed E-state index contributed by atoms with van der Waals surface area (Å²) in [6.45, 7) is 4.93. The van der Waals surface area contributed by atoms with Gasteiger partial charge in [0.15, 0.2) is 5.82 Å². The monoisotopic (exact) mass is 325 g/mol. The lowest BCUT2D eigenvalue weighted by Gasteiger charge is -2.13. The van der Waals surface area contributed by atoms with Crippen LogP contribution in [0.25, 0.3) is 5.69 Å². The van der Waals surface area contributed by atoms with Crippen molar-refractivity contribution in [2.24, 2.45) is 0 Å². The highest BCUT2D eigenvalue weighted by Crippen LogP contribution is 2.26. The van der Waals surface area contributed by atoms with Crippen LogP contribution in [-0.2, 0) is 0 Å². The molecular formula is C12H16BrN5O. The van der Waals surface area contributed by atoms with Crippen LogP contribution in [0.15, 0.2) is 22.7 Å². The normalized spacial score (nSPS) is 12.4. The molecule has 6 nitrogen and oxygen atoms in total. The van der Waals surface area contributed by atoms with Gasteiger partial charge in [-0.1, -0.05) is 6.92 Å². The predicted molar refractivity (Wildman–Crippen MR) is 75.5 cm³/mol. The van der Waals surface area contributed by atoms with E-state index in [1.165, 1.54) is 0 Å². The number of hydrogen-bond acceptors (Lipinski definition) is 5. The third-order valence-electron chi connectivity index (χ3n) is 2.77. The molecule has 0 radical (unpaired) electrons. The predicted octanol–water partition coefficient (Wildman–Crippen LogP) is 2.10. The molecule has 1 heterocycles. The third kappa shape index (κ3) is 2.93. The number of aromatic nitrogens is 4. The second-order valence-corrected chi connectivity index (χ2v) is 4.90. The molecule has 2 rings (SSSR count). The van der Waals surface area contributed by atoms with Crippen molar-refractivity contribution in [1.29, 1.82) is 0 Å². The van der Waals surface area contributed by atoms with Gasteiger partial charge in [-0.25, -0.2) is 0 Å². The van der Waals surface area contributed by atoms with Gasteiger partial charge < -0.3 is 10.1 Å². The van der Waals surface area contributed by atoms with E-state index in [-0.39, 0.29) is 6.04 Å². The number of ether oxygens (including phenoxy) is 1. The van der Waals surface area contributed by atoms with Gasteiger partial charge >= 0.3 is 0 Å². The van der Waals surface area contributed by atoms with E-state index in [9.17, 15) is 0 Å². The van der Waals surface area contributed by atoms with Crippen LogP contribution in [0.1, 0.15) is 25.7 Å². The largest absolute Gasteiger partial charge is 0.497 e. The molecule has 1 unspecified atom stereocenters. The number of methoxy groups -OCH3 is 1. The summed E-state index contributed by atoms with van der Waals surface area (Å²) < 4.78 is 7.85. The maximum Gasteiger partial charge on any atom is 0.173 e. The minimum absolute atomic E-state index is 0.0677. The van der Waals surface area contributed by atoms with Crippen LogP contribution in [0.2, 0.25) is 0 Å². The van der Waals surface area contributed by atoms with Crippen molar-refractivity contribution in [3.8, 4) is 11.4 Å². The van der Waals surface area contributed by atoms with Crippen LogP contribution in [0.4, 0.5) is 0 Å². The Kier molecular flexibility index (Phi) is 4.49. The minimum Gasteiger partial charge on any atom is -0.497 e. The average molecular weight is 326 g/mol. The fourth-order valence-electron chi connectivity index (χ4n) is 1.81. The first-order valence-corrected chi connectivity index (χ1v) is 6.82. The molecule has 102 valence electrons. The topological polar surface area (TPSA) is 64.9 Å². The lowest BCUT2D eigenvalue weighted by molar-refractivity contribution is 0.414. The molecule has 1 N–H and O–H groups in total. The number of halogens is 1. The van der Waals surface area contributed by atoms with Gasteiger partial charge in [0.2, 0.25) is 0 Å². The van der Waals surface area contributed by atoms with E-state index in [4.69, 9.17) is 4.74 Å². The Morgan fingerprint density at radius 3 is 2.95 bits per heavy atom. The third-order valence-corrected chi connectivity index (χ3v) is 3.44. The number of hydrogen-bond donors (Lipinski definition) is 1. The second-order valence-electron chi connectivity index (χ2n) is 4.05. The molecule has 1 aromatic heterocycles. The van der Waals surface area contributed by atoms with Crippen molar-refractivity contribution in [2.75, 3.05) is 13.7 Å². The molecule has 19 heavy (non-hydrogen) atoms. The molecule has 0 amide bonds. The first-order chi connectivity index (χ1) is 9.17. The Bertz CT molecular complexity index is 557. The van der Waals surface area contributed by atoms with Gasteiger partial charge in [0.05, 0.1) is 18.8 Å². The highest BCUT2D eigenvalue weighted by atomic mass is 79.9. The second kappa shape index (κ2) is 6.12. The first-order valence-electron chi connectivity index (χ1n) is 6.03. The molecule has 0 bridgehead atoms. The number of nitrogens with one attached hydrogen (secondary N) is 1. The van der Waals surface area contributed by atoms with E-state index in [1.54, 1.807) is 11.8 Å². The maximum absolute atomic E-state index is 5.24. The highest BCUT2D eigenvalue weighted by molar-refractivity contribution is 9.10. The van der Waals surface area contributed by atoms with Crippen LogP contribution in [-0.4, -0.2) is 33.9 Å². The number of tetrazole rings is 1. The summed E-state index contributed by atoms with van der Waals surface area (Å²) in [6, 6.07) is 5.75. The van der Waals surface area contributed by atoms with Gasteiger partial charge in [-0.05, 0) is 52.0 Å². The Hall–Kier alpha value is -1.47. The van der Waals surface area contributed by atoms with Gasteiger partial charge in [-0.2, -0.15) is 4.68 Å². The molecule has 0 spiro atoms. The Morgan fingerprint density at radius 1 is 1.47 bits per heavy atom. The molecular weight excluding hydrogens is 310 g/mol. The molecule has 0 aliphatic heterocycles. The van der Waals surface area contributed by atoms with Crippen LogP contribution in [0.5, 0.6) is 5.75 Å². The zero-order valence-electron chi connectivity index (χ0n) is 11.1. The summed E-state index contributed by atoms with van der Waals surface area (Å²) in [6.07, 6.45) is 0. The fraction of sp³-hybridized carbons (Fsp3) is 0.417. The average Bonchev–Trinajstić information content (AvgIpc) is 2.89. The van der Waals surface area contributed by atoms with E-state index in [2.05, 4.69) is 36.8 Å². The Labute approximate surface area is 120 Å². The van der Waals surface area contributed by atoms with Crippen LogP contribution in [0.3, 0.4) is 0 Å². The summed E-state index contributed by atoms with van der Waals surface area (Å²) in [5, 5.41) is 15.2. The van der Waals surface area contributed by atoms with Gasteiger partial charge in [-0.3, -0.25) is 0 Å². The molecule has 0 aliphatic carbocycles. The number of rotatable bonds is 5. The van der Waals surface area contributed by atoms with Gasteiger partial charge in [0.1, 0.15) is 5.75 Å². The van der Waals surface area contributed by atoms with Crippen molar-refractivity contribution in [1.82, 2.24) is 25.5 Å². The van der Waals surface area contributed by atoms with Gasteiger partial charge in [0.25, 0.3) is 0 Å². The summed E-state index contributed by atoms with van der Waals surface area (Å²) in [5.41, 5.74) is 0.851. The standard InChI is InChI=1S/C12H16BrN5O/c1-4-14-8(2)12-15-16-17-18(12)11-7-9(19-3)5-6-10(11)13/h5-8,14H,4H2,1-3H3. The van der Waals surface area contributed by atoms with E-state index >= 15 is 0 Å². The molecule has 1 aromatic carbocycles. The summed E-state index contributed by atoms with van der Waals surface area (Å²) in [5.74, 6) is 1.52. The summed E-state index contributed by atoms with van der Waals surface area (Å²) in [4.78, 5) is 0. The highest BCUT2D eigenvalue weighted by Gasteiger charge is 2.17. The number of nitrogens with zero attached hydrogens (tertiary/aromatic N) is 4. The number of benzene rings is 1.